The first kappa shape index (κ1) is 14.0. The Balaban J connectivity index is 1.81. The Labute approximate surface area is 111 Å². The number of aromatic nitrogens is 1. The molecule has 2 rings (SSSR count). The molecule has 104 valence electrons. The smallest absolute Gasteiger partial charge is 0.182 e. The van der Waals surface area contributed by atoms with Crippen LogP contribution in [0, 0.1) is 5.82 Å². The zero-order valence-electron chi connectivity index (χ0n) is 10.6. The topological polar surface area (TPSA) is 62.7 Å². The standard InChI is InChI=1S/C13H17FN2O3/c14-10-1-2-12(15-7-10)13(18)3-4-16-5-6-19-11(8-16)9-17/h1-2,7,11,17H,3-6,8-9H2. The first-order valence-electron chi connectivity index (χ1n) is 6.28. The van der Waals surface area contributed by atoms with Crippen molar-refractivity contribution in [1.82, 2.24) is 9.88 Å². The number of pyridine rings is 1. The van der Waals surface area contributed by atoms with Crippen molar-refractivity contribution in [2.75, 3.05) is 32.8 Å². The van der Waals surface area contributed by atoms with Crippen molar-refractivity contribution < 1.29 is 19.0 Å². The van der Waals surface area contributed by atoms with Gasteiger partial charge in [-0.25, -0.2) is 4.39 Å². The number of hydrogen-bond acceptors (Lipinski definition) is 5. The van der Waals surface area contributed by atoms with E-state index in [9.17, 15) is 9.18 Å². The fourth-order valence-electron chi connectivity index (χ4n) is 2.02. The molecule has 1 aliphatic heterocycles. The second kappa shape index (κ2) is 6.70. The normalized spacial score (nSPS) is 20.4. The van der Waals surface area contributed by atoms with E-state index < -0.39 is 5.82 Å². The molecule has 0 bridgehead atoms. The summed E-state index contributed by atoms with van der Waals surface area (Å²) in [6.07, 6.45) is 1.20. The summed E-state index contributed by atoms with van der Waals surface area (Å²) in [7, 11) is 0. The molecule has 1 fully saturated rings. The molecule has 0 aliphatic carbocycles. The summed E-state index contributed by atoms with van der Waals surface area (Å²) in [5, 5.41) is 9.03. The number of carbonyl (C=O) groups is 1. The third-order valence-electron chi connectivity index (χ3n) is 3.09. The minimum absolute atomic E-state index is 0.00996. The molecule has 0 amide bonds. The average molecular weight is 268 g/mol. The van der Waals surface area contributed by atoms with Gasteiger partial charge >= 0.3 is 0 Å². The fourth-order valence-corrected chi connectivity index (χ4v) is 2.02. The van der Waals surface area contributed by atoms with Crippen LogP contribution in [0.15, 0.2) is 18.3 Å². The number of nitrogens with zero attached hydrogens (tertiary/aromatic N) is 2. The lowest BCUT2D eigenvalue weighted by atomic mass is 10.1. The van der Waals surface area contributed by atoms with Crippen LogP contribution in [0.5, 0.6) is 0 Å². The predicted molar refractivity (Wildman–Crippen MR) is 66.4 cm³/mol. The van der Waals surface area contributed by atoms with Crippen molar-refractivity contribution in [3.8, 4) is 0 Å². The van der Waals surface area contributed by atoms with E-state index in [-0.39, 0.29) is 24.2 Å². The largest absolute Gasteiger partial charge is 0.394 e. The maximum absolute atomic E-state index is 12.7. The van der Waals surface area contributed by atoms with E-state index in [0.717, 1.165) is 12.7 Å². The molecule has 6 heteroatoms. The molecule has 1 aromatic rings. The first-order chi connectivity index (χ1) is 9.19. The minimum atomic E-state index is -0.449. The summed E-state index contributed by atoms with van der Waals surface area (Å²) in [5.41, 5.74) is 0.286. The van der Waals surface area contributed by atoms with Crippen molar-refractivity contribution in [2.24, 2.45) is 0 Å². The van der Waals surface area contributed by atoms with Crippen LogP contribution in [0.2, 0.25) is 0 Å². The second-order valence-corrected chi connectivity index (χ2v) is 4.51. The Morgan fingerprint density at radius 3 is 3.11 bits per heavy atom. The predicted octanol–water partition coefficient (Wildman–Crippen LogP) is 0.487. The van der Waals surface area contributed by atoms with Gasteiger partial charge in [0.05, 0.1) is 25.5 Å². The molecule has 1 unspecified atom stereocenters. The van der Waals surface area contributed by atoms with Gasteiger partial charge in [-0.05, 0) is 12.1 Å². The summed E-state index contributed by atoms with van der Waals surface area (Å²) < 4.78 is 18.0. The fraction of sp³-hybridized carbons (Fsp3) is 0.538. The van der Waals surface area contributed by atoms with E-state index >= 15 is 0 Å². The Morgan fingerprint density at radius 2 is 2.42 bits per heavy atom. The van der Waals surface area contributed by atoms with Crippen LogP contribution >= 0.6 is 0 Å². The highest BCUT2D eigenvalue weighted by Crippen LogP contribution is 2.07. The van der Waals surface area contributed by atoms with Crippen molar-refractivity contribution in [3.05, 3.63) is 29.8 Å². The van der Waals surface area contributed by atoms with Crippen LogP contribution in [0.4, 0.5) is 4.39 Å². The van der Waals surface area contributed by atoms with Gasteiger partial charge in [0.1, 0.15) is 11.5 Å². The summed E-state index contributed by atoms with van der Waals surface area (Å²) in [6.45, 7) is 2.52. The van der Waals surface area contributed by atoms with Crippen molar-refractivity contribution in [3.63, 3.8) is 0 Å². The van der Waals surface area contributed by atoms with Gasteiger partial charge in [-0.15, -0.1) is 0 Å². The second-order valence-electron chi connectivity index (χ2n) is 4.51. The summed E-state index contributed by atoms with van der Waals surface area (Å²) in [4.78, 5) is 17.7. The Hall–Kier alpha value is -1.37. The number of aliphatic hydroxyl groups is 1. The summed E-state index contributed by atoms with van der Waals surface area (Å²) in [5.74, 6) is -0.553. The van der Waals surface area contributed by atoms with Crippen LogP contribution in [0.25, 0.3) is 0 Å². The monoisotopic (exact) mass is 268 g/mol. The van der Waals surface area contributed by atoms with Gasteiger partial charge in [0, 0.05) is 26.1 Å². The molecule has 0 radical (unpaired) electrons. The van der Waals surface area contributed by atoms with E-state index in [2.05, 4.69) is 9.88 Å². The third kappa shape index (κ3) is 4.05. The Bertz CT molecular complexity index is 424. The molecule has 2 heterocycles. The average Bonchev–Trinajstić information content (AvgIpc) is 2.46. The number of Topliss-reactive ketones (excluding diaryl/α,β-unsaturated/α-hetero) is 1. The summed E-state index contributed by atoms with van der Waals surface area (Å²) in [6, 6.07) is 2.63. The van der Waals surface area contributed by atoms with E-state index in [1.165, 1.54) is 12.1 Å². The molecule has 1 saturated heterocycles. The molecule has 1 atom stereocenters. The Kier molecular flexibility index (Phi) is 4.95. The van der Waals surface area contributed by atoms with Crippen LogP contribution in [-0.2, 0) is 4.74 Å². The maximum atomic E-state index is 12.7. The number of rotatable bonds is 5. The molecule has 19 heavy (non-hydrogen) atoms. The highest BCUT2D eigenvalue weighted by Gasteiger charge is 2.20. The van der Waals surface area contributed by atoms with Gasteiger partial charge in [0.25, 0.3) is 0 Å². The van der Waals surface area contributed by atoms with Crippen molar-refractivity contribution in [1.29, 1.82) is 0 Å². The van der Waals surface area contributed by atoms with Crippen LogP contribution in [-0.4, -0.2) is 59.7 Å². The Morgan fingerprint density at radius 1 is 1.58 bits per heavy atom. The van der Waals surface area contributed by atoms with Crippen LogP contribution in [0.3, 0.4) is 0 Å². The number of ketones is 1. The zero-order chi connectivity index (χ0) is 13.7. The lowest BCUT2D eigenvalue weighted by Gasteiger charge is -2.31. The van der Waals surface area contributed by atoms with Crippen LogP contribution < -0.4 is 0 Å². The van der Waals surface area contributed by atoms with Gasteiger partial charge in [-0.2, -0.15) is 0 Å². The van der Waals surface area contributed by atoms with Gasteiger partial charge in [0.2, 0.25) is 0 Å². The molecule has 5 nitrogen and oxygen atoms in total. The van der Waals surface area contributed by atoms with Crippen molar-refractivity contribution in [2.45, 2.75) is 12.5 Å². The molecule has 0 spiro atoms. The molecular weight excluding hydrogens is 251 g/mol. The number of morpholine rings is 1. The number of hydrogen-bond donors (Lipinski definition) is 1. The molecule has 1 aromatic heterocycles. The quantitative estimate of drug-likeness (QED) is 0.787. The van der Waals surface area contributed by atoms with Crippen molar-refractivity contribution >= 4 is 5.78 Å². The minimum Gasteiger partial charge on any atom is -0.394 e. The van der Waals surface area contributed by atoms with E-state index in [4.69, 9.17) is 9.84 Å². The van der Waals surface area contributed by atoms with E-state index in [1.54, 1.807) is 0 Å². The lowest BCUT2D eigenvalue weighted by Crippen LogP contribution is -2.44. The van der Waals surface area contributed by atoms with Crippen LogP contribution in [0.1, 0.15) is 16.9 Å². The number of carbonyl (C=O) groups excluding carboxylic acids is 1. The number of halogens is 1. The third-order valence-corrected chi connectivity index (χ3v) is 3.09. The number of aliphatic hydroxyl groups excluding tert-OH is 1. The zero-order valence-corrected chi connectivity index (χ0v) is 10.6. The summed E-state index contributed by atoms with van der Waals surface area (Å²) >= 11 is 0. The molecule has 0 aromatic carbocycles. The van der Waals surface area contributed by atoms with Gasteiger partial charge < -0.3 is 9.84 Å². The van der Waals surface area contributed by atoms with Gasteiger partial charge in [0.15, 0.2) is 5.78 Å². The highest BCUT2D eigenvalue weighted by molar-refractivity contribution is 5.94. The highest BCUT2D eigenvalue weighted by atomic mass is 19.1. The maximum Gasteiger partial charge on any atom is 0.182 e. The van der Waals surface area contributed by atoms with E-state index in [0.29, 0.717) is 26.1 Å². The molecule has 1 N–H and O–H groups in total. The number of ether oxygens (including phenoxy) is 1. The SMILES string of the molecule is O=C(CCN1CCOC(CO)C1)c1ccc(F)cn1. The van der Waals surface area contributed by atoms with Gasteiger partial charge in [-0.1, -0.05) is 0 Å². The first-order valence-corrected chi connectivity index (χ1v) is 6.28. The van der Waals surface area contributed by atoms with Gasteiger partial charge in [-0.3, -0.25) is 14.7 Å². The van der Waals surface area contributed by atoms with E-state index in [1.807, 2.05) is 0 Å². The molecule has 0 saturated carbocycles. The molecular formula is C13H17FN2O3. The molecule has 1 aliphatic rings. The lowest BCUT2D eigenvalue weighted by molar-refractivity contribution is -0.0523.